The molecule has 0 aliphatic heterocycles. The molecule has 0 aliphatic carbocycles. The summed E-state index contributed by atoms with van der Waals surface area (Å²) in [5.74, 6) is 0. The van der Waals surface area contributed by atoms with Gasteiger partial charge < -0.3 is 0 Å². The van der Waals surface area contributed by atoms with Crippen LogP contribution in [0.25, 0.3) is 0 Å². The molecule has 0 amide bonds. The van der Waals surface area contributed by atoms with E-state index in [1.807, 2.05) is 0 Å². The Labute approximate surface area is 67.8 Å². The van der Waals surface area contributed by atoms with Gasteiger partial charge in [0.25, 0.3) is 0 Å². The van der Waals surface area contributed by atoms with Crippen LogP contribution in [0.15, 0.2) is 0 Å². The topological polar surface area (TPSA) is 26.3 Å². The first-order valence-electron chi connectivity index (χ1n) is 2.90. The van der Waals surface area contributed by atoms with Gasteiger partial charge in [-0.05, 0) is 11.0 Å². The van der Waals surface area contributed by atoms with E-state index < -0.39 is 8.69 Å². The third-order valence-corrected chi connectivity index (χ3v) is 1.23. The van der Waals surface area contributed by atoms with Crippen LogP contribution in [0.2, 0.25) is 0 Å². The smallest absolute Gasteiger partial charge is 0.148 e. The van der Waals surface area contributed by atoms with Crippen molar-refractivity contribution in [2.75, 3.05) is 6.61 Å². The zero-order valence-electron chi connectivity index (χ0n) is 5.48. The summed E-state index contributed by atoms with van der Waals surface area (Å²) in [5.41, 5.74) is 0. The van der Waals surface area contributed by atoms with E-state index in [9.17, 15) is 4.57 Å². The van der Waals surface area contributed by atoms with Gasteiger partial charge in [-0.3, -0.25) is 0 Å². The molecule has 4 heteroatoms. The molecule has 0 spiro atoms. The summed E-state index contributed by atoms with van der Waals surface area (Å²) in [6.45, 7) is 2.77. The van der Waals surface area contributed by atoms with Gasteiger partial charge in [-0.25, -0.2) is 0 Å². The third-order valence-electron chi connectivity index (χ3n) is 0.909. The van der Waals surface area contributed by atoms with Crippen molar-refractivity contribution in [2.45, 2.75) is 26.2 Å². The summed E-state index contributed by atoms with van der Waals surface area (Å²) < 4.78 is 14.3. The van der Waals surface area contributed by atoms with Crippen molar-refractivity contribution in [1.29, 1.82) is 0 Å². The first kappa shape index (κ1) is 12.3. The minimum absolute atomic E-state index is 0. The van der Waals surface area contributed by atoms with Gasteiger partial charge in [0, 0.05) is 0 Å². The van der Waals surface area contributed by atoms with Crippen molar-refractivity contribution in [3.05, 3.63) is 0 Å². The molecule has 0 aromatic rings. The quantitative estimate of drug-likeness (QED) is 0.495. The molecule has 55 valence electrons. The summed E-state index contributed by atoms with van der Waals surface area (Å²) in [4.78, 5) is 0. The zero-order chi connectivity index (χ0) is 6.24. The van der Waals surface area contributed by atoms with Crippen LogP contribution in [-0.2, 0) is 25.9 Å². The third kappa shape index (κ3) is 11.9. The van der Waals surface area contributed by atoms with Gasteiger partial charge in [0.2, 0.25) is 0 Å². The van der Waals surface area contributed by atoms with Crippen molar-refractivity contribution in [3.63, 3.8) is 0 Å². The number of hydrogen-bond donors (Lipinski definition) is 0. The summed E-state index contributed by atoms with van der Waals surface area (Å²) >= 11 is 0. The second-order valence-corrected chi connectivity index (χ2v) is 2.09. The molecule has 0 aliphatic rings. The van der Waals surface area contributed by atoms with Crippen LogP contribution < -0.4 is 0 Å². The summed E-state index contributed by atoms with van der Waals surface area (Å²) in [7, 11) is -0.581. The molecule has 0 bridgehead atoms. The van der Waals surface area contributed by atoms with Crippen LogP contribution >= 0.6 is 8.69 Å². The van der Waals surface area contributed by atoms with Gasteiger partial charge in [-0.1, -0.05) is 19.8 Å². The molecule has 2 nitrogen and oxygen atoms in total. The van der Waals surface area contributed by atoms with E-state index in [0.29, 0.717) is 6.61 Å². The van der Waals surface area contributed by atoms with Crippen LogP contribution in [0.3, 0.4) is 0 Å². The molecule has 0 fully saturated rings. The van der Waals surface area contributed by atoms with Crippen LogP contribution in [0.1, 0.15) is 26.2 Å². The molecule has 1 atom stereocenters. The van der Waals surface area contributed by atoms with E-state index in [-0.39, 0.29) is 16.8 Å². The van der Waals surface area contributed by atoms with Crippen molar-refractivity contribution in [2.24, 2.45) is 0 Å². The van der Waals surface area contributed by atoms with Crippen molar-refractivity contribution >= 4 is 8.69 Å². The maximum absolute atomic E-state index is 9.70. The first-order valence-corrected chi connectivity index (χ1v) is 3.72. The van der Waals surface area contributed by atoms with Crippen molar-refractivity contribution in [1.82, 2.24) is 0 Å². The molecule has 1 unspecified atom stereocenters. The molecule has 0 N–H and O–H groups in total. The Kier molecular flexibility index (Phi) is 15.5. The molecule has 0 aromatic heterocycles. The Hall–Kier alpha value is 0.566. The molecule has 0 rings (SSSR count). The van der Waals surface area contributed by atoms with E-state index >= 15 is 0 Å². The zero-order valence-corrected chi connectivity index (χ0v) is 7.52. The largest absolute Gasteiger partial charge is 2.00 e. The van der Waals surface area contributed by atoms with Crippen LogP contribution in [0.5, 0.6) is 0 Å². The normalized spacial score (nSPS) is 9.00. The fraction of sp³-hybridized carbons (Fsp3) is 1.00. The van der Waals surface area contributed by atoms with Crippen LogP contribution in [0, 0.1) is 0 Å². The average molecular weight is 194 g/mol. The Morgan fingerprint density at radius 2 is 2.11 bits per heavy atom. The minimum Gasteiger partial charge on any atom is -0.148 e. The predicted molar refractivity (Wildman–Crippen MR) is 34.5 cm³/mol. The van der Waals surface area contributed by atoms with E-state index in [1.54, 1.807) is 0 Å². The molecule has 0 aromatic carbocycles. The first-order chi connectivity index (χ1) is 3.91. The standard InChI is InChI=1S/C5H12O2P.Co/c1-2-3-4-5-7-8-6;/h8H,2-5H2,1H3;/q+1;+2. The minimum atomic E-state index is -0.581. The number of unbranched alkanes of at least 4 members (excludes halogenated alkanes) is 2. The van der Waals surface area contributed by atoms with E-state index in [0.717, 1.165) is 6.42 Å². The maximum atomic E-state index is 9.70. The monoisotopic (exact) mass is 194 g/mol. The van der Waals surface area contributed by atoms with Gasteiger partial charge >= 0.3 is 25.5 Å². The maximum Gasteiger partial charge on any atom is 2.00 e. The summed E-state index contributed by atoms with van der Waals surface area (Å²) in [6, 6.07) is 0. The van der Waals surface area contributed by atoms with Gasteiger partial charge in [-0.2, -0.15) is 0 Å². The second kappa shape index (κ2) is 11.4. The summed E-state index contributed by atoms with van der Waals surface area (Å²) in [5, 5.41) is 0. The molecule has 9 heavy (non-hydrogen) atoms. The fourth-order valence-corrected chi connectivity index (χ4v) is 0.694. The average Bonchev–Trinajstić information content (AvgIpc) is 1.81. The molecule has 0 saturated heterocycles. The Bertz CT molecular complexity index is 60.9. The van der Waals surface area contributed by atoms with Gasteiger partial charge in [0.05, 0.1) is 0 Å². The molecule has 0 saturated carbocycles. The summed E-state index contributed by atoms with van der Waals surface area (Å²) in [6.07, 6.45) is 3.39. The van der Waals surface area contributed by atoms with Gasteiger partial charge in [0.15, 0.2) is 0 Å². The Morgan fingerprint density at radius 1 is 1.44 bits per heavy atom. The van der Waals surface area contributed by atoms with E-state index in [4.69, 9.17) is 0 Å². The Morgan fingerprint density at radius 3 is 2.56 bits per heavy atom. The molecule has 0 heterocycles. The SMILES string of the molecule is CCCCCO[PH+]=O.[Co+2]. The second-order valence-electron chi connectivity index (χ2n) is 1.64. The predicted octanol–water partition coefficient (Wildman–Crippen LogP) is 2.13. The molecular formula is C5H12CoO2P+3. The fourth-order valence-electron chi connectivity index (χ4n) is 0.466. The number of rotatable bonds is 5. The molecular weight excluding hydrogens is 182 g/mol. The number of hydrogen-bond acceptors (Lipinski definition) is 2. The van der Waals surface area contributed by atoms with Crippen LogP contribution in [0.4, 0.5) is 0 Å². The molecule has 1 radical (unpaired) electrons. The van der Waals surface area contributed by atoms with E-state index in [1.165, 1.54) is 12.8 Å². The van der Waals surface area contributed by atoms with Gasteiger partial charge in [0.1, 0.15) is 6.61 Å². The van der Waals surface area contributed by atoms with Crippen LogP contribution in [-0.4, -0.2) is 6.61 Å². The van der Waals surface area contributed by atoms with E-state index in [2.05, 4.69) is 11.4 Å². The van der Waals surface area contributed by atoms with Crippen molar-refractivity contribution in [3.8, 4) is 0 Å². The van der Waals surface area contributed by atoms with Gasteiger partial charge in [-0.15, -0.1) is 4.52 Å². The Balaban J connectivity index is 0. The van der Waals surface area contributed by atoms with Crippen molar-refractivity contribution < 1.29 is 25.9 Å².